The van der Waals surface area contributed by atoms with Gasteiger partial charge in [-0.3, -0.25) is 0 Å². The van der Waals surface area contributed by atoms with Crippen molar-refractivity contribution in [3.05, 3.63) is 34.3 Å². The topological polar surface area (TPSA) is 12.0 Å². The third-order valence-electron chi connectivity index (χ3n) is 3.73. The molecule has 0 radical (unpaired) electrons. The van der Waals surface area contributed by atoms with Crippen LogP contribution in [0.1, 0.15) is 36.8 Å². The van der Waals surface area contributed by atoms with E-state index in [1.165, 1.54) is 24.0 Å². The SMILES string of the molecule is Cc1ccc(Cl)c(C(C)C2CCNCC2)c1. The molecule has 1 aliphatic heterocycles. The predicted molar refractivity (Wildman–Crippen MR) is 70.2 cm³/mol. The number of piperidine rings is 1. The van der Waals surface area contributed by atoms with Crippen LogP contribution < -0.4 is 5.32 Å². The minimum atomic E-state index is 0.578. The molecular weight excluding hydrogens is 218 g/mol. The van der Waals surface area contributed by atoms with Crippen molar-refractivity contribution < 1.29 is 0 Å². The number of hydrogen-bond acceptors (Lipinski definition) is 1. The Kier molecular flexibility index (Phi) is 3.88. The van der Waals surface area contributed by atoms with Crippen molar-refractivity contribution in [2.24, 2.45) is 5.92 Å². The molecule has 0 bridgehead atoms. The van der Waals surface area contributed by atoms with Gasteiger partial charge in [0.25, 0.3) is 0 Å². The smallest absolute Gasteiger partial charge is 0.0441 e. The van der Waals surface area contributed by atoms with Gasteiger partial charge in [-0.15, -0.1) is 0 Å². The van der Waals surface area contributed by atoms with E-state index in [-0.39, 0.29) is 0 Å². The zero-order chi connectivity index (χ0) is 11.5. The van der Waals surface area contributed by atoms with Gasteiger partial charge in [0, 0.05) is 5.02 Å². The lowest BCUT2D eigenvalue weighted by atomic mass is 9.81. The highest BCUT2D eigenvalue weighted by molar-refractivity contribution is 6.31. The second-order valence-corrected chi connectivity index (χ2v) is 5.31. The molecule has 16 heavy (non-hydrogen) atoms. The van der Waals surface area contributed by atoms with Crippen molar-refractivity contribution in [1.29, 1.82) is 0 Å². The van der Waals surface area contributed by atoms with E-state index >= 15 is 0 Å². The number of halogens is 1. The summed E-state index contributed by atoms with van der Waals surface area (Å²) >= 11 is 6.29. The van der Waals surface area contributed by atoms with Crippen LogP contribution in [0.2, 0.25) is 5.02 Å². The van der Waals surface area contributed by atoms with E-state index in [1.54, 1.807) is 0 Å². The molecule has 1 unspecified atom stereocenters. The Morgan fingerprint density at radius 2 is 2.00 bits per heavy atom. The van der Waals surface area contributed by atoms with Crippen molar-refractivity contribution in [1.82, 2.24) is 5.32 Å². The molecular formula is C14H20ClN. The standard InChI is InChI=1S/C14H20ClN/c1-10-3-4-14(15)13(9-10)11(2)12-5-7-16-8-6-12/h3-4,9,11-12,16H,5-8H2,1-2H3. The lowest BCUT2D eigenvalue weighted by Gasteiger charge is -2.29. The summed E-state index contributed by atoms with van der Waals surface area (Å²) in [4.78, 5) is 0. The van der Waals surface area contributed by atoms with Crippen molar-refractivity contribution in [2.45, 2.75) is 32.6 Å². The molecule has 0 aromatic heterocycles. The monoisotopic (exact) mass is 237 g/mol. The molecule has 1 aliphatic rings. The molecule has 2 rings (SSSR count). The second kappa shape index (κ2) is 5.20. The normalized spacial score (nSPS) is 19.7. The largest absolute Gasteiger partial charge is 0.317 e. The lowest BCUT2D eigenvalue weighted by Crippen LogP contribution is -2.30. The summed E-state index contributed by atoms with van der Waals surface area (Å²) < 4.78 is 0. The Morgan fingerprint density at radius 3 is 2.69 bits per heavy atom. The van der Waals surface area contributed by atoms with Crippen LogP contribution >= 0.6 is 11.6 Å². The number of nitrogens with one attached hydrogen (secondary N) is 1. The van der Waals surface area contributed by atoms with Crippen molar-refractivity contribution in [2.75, 3.05) is 13.1 Å². The van der Waals surface area contributed by atoms with E-state index in [4.69, 9.17) is 11.6 Å². The van der Waals surface area contributed by atoms with Crippen molar-refractivity contribution >= 4 is 11.6 Å². The molecule has 1 aromatic rings. The molecule has 0 aliphatic carbocycles. The second-order valence-electron chi connectivity index (χ2n) is 4.90. The van der Waals surface area contributed by atoms with Gasteiger partial charge in [0.05, 0.1) is 0 Å². The van der Waals surface area contributed by atoms with Crippen LogP contribution in [0.3, 0.4) is 0 Å². The fraction of sp³-hybridized carbons (Fsp3) is 0.571. The predicted octanol–water partition coefficient (Wildman–Crippen LogP) is 3.75. The molecule has 0 spiro atoms. The van der Waals surface area contributed by atoms with Gasteiger partial charge in [-0.25, -0.2) is 0 Å². The summed E-state index contributed by atoms with van der Waals surface area (Å²) in [5.74, 6) is 1.36. The molecule has 88 valence electrons. The number of rotatable bonds is 2. The highest BCUT2D eigenvalue weighted by Crippen LogP contribution is 2.34. The molecule has 1 nitrogen and oxygen atoms in total. The van der Waals surface area contributed by atoms with Gasteiger partial charge in [-0.1, -0.05) is 36.2 Å². The fourth-order valence-corrected chi connectivity index (χ4v) is 2.90. The maximum Gasteiger partial charge on any atom is 0.0441 e. The minimum Gasteiger partial charge on any atom is -0.317 e. The first-order valence-corrected chi connectivity index (χ1v) is 6.53. The van der Waals surface area contributed by atoms with Crippen molar-refractivity contribution in [3.63, 3.8) is 0 Å². The Morgan fingerprint density at radius 1 is 1.31 bits per heavy atom. The maximum atomic E-state index is 6.29. The summed E-state index contributed by atoms with van der Waals surface area (Å²) in [6.07, 6.45) is 2.54. The Bertz CT molecular complexity index is 356. The molecule has 1 N–H and O–H groups in total. The number of benzene rings is 1. The first-order valence-electron chi connectivity index (χ1n) is 6.15. The summed E-state index contributed by atoms with van der Waals surface area (Å²) in [6, 6.07) is 6.36. The van der Waals surface area contributed by atoms with Gasteiger partial charge in [0.2, 0.25) is 0 Å². The minimum absolute atomic E-state index is 0.578. The van der Waals surface area contributed by atoms with Crippen LogP contribution in [-0.4, -0.2) is 13.1 Å². The highest BCUT2D eigenvalue weighted by Gasteiger charge is 2.22. The van der Waals surface area contributed by atoms with Gasteiger partial charge in [-0.05, 0) is 56.3 Å². The van der Waals surface area contributed by atoms with E-state index in [9.17, 15) is 0 Å². The van der Waals surface area contributed by atoms with E-state index in [0.717, 1.165) is 24.0 Å². The average Bonchev–Trinajstić information content (AvgIpc) is 2.32. The van der Waals surface area contributed by atoms with Crippen LogP contribution in [-0.2, 0) is 0 Å². The average molecular weight is 238 g/mol. The summed E-state index contributed by atoms with van der Waals surface area (Å²) in [5, 5.41) is 4.34. The third kappa shape index (κ3) is 2.58. The zero-order valence-electron chi connectivity index (χ0n) is 10.1. The zero-order valence-corrected chi connectivity index (χ0v) is 10.8. The third-order valence-corrected chi connectivity index (χ3v) is 4.08. The van der Waals surface area contributed by atoms with Crippen LogP contribution in [0, 0.1) is 12.8 Å². The van der Waals surface area contributed by atoms with Crippen LogP contribution in [0.4, 0.5) is 0 Å². The summed E-state index contributed by atoms with van der Waals surface area (Å²) in [6.45, 7) is 6.75. The van der Waals surface area contributed by atoms with Gasteiger partial charge in [0.1, 0.15) is 0 Å². The molecule has 1 heterocycles. The lowest BCUT2D eigenvalue weighted by molar-refractivity contribution is 0.330. The quantitative estimate of drug-likeness (QED) is 0.826. The molecule has 1 fully saturated rings. The highest BCUT2D eigenvalue weighted by atomic mass is 35.5. The molecule has 0 amide bonds. The van der Waals surface area contributed by atoms with Crippen LogP contribution in [0.15, 0.2) is 18.2 Å². The van der Waals surface area contributed by atoms with Gasteiger partial charge in [-0.2, -0.15) is 0 Å². The maximum absolute atomic E-state index is 6.29. The molecule has 2 heteroatoms. The van der Waals surface area contributed by atoms with E-state index in [1.807, 2.05) is 6.07 Å². The summed E-state index contributed by atoms with van der Waals surface area (Å²) in [7, 11) is 0. The Labute approximate surface area is 103 Å². The van der Waals surface area contributed by atoms with Crippen LogP contribution in [0.5, 0.6) is 0 Å². The Balaban J connectivity index is 2.18. The fourth-order valence-electron chi connectivity index (χ4n) is 2.61. The van der Waals surface area contributed by atoms with Crippen molar-refractivity contribution in [3.8, 4) is 0 Å². The van der Waals surface area contributed by atoms with Crippen LogP contribution in [0.25, 0.3) is 0 Å². The van der Waals surface area contributed by atoms with E-state index in [0.29, 0.717) is 5.92 Å². The molecule has 1 aromatic carbocycles. The molecule has 1 atom stereocenters. The molecule has 0 saturated carbocycles. The van der Waals surface area contributed by atoms with Gasteiger partial charge >= 0.3 is 0 Å². The number of aryl methyl sites for hydroxylation is 1. The first-order chi connectivity index (χ1) is 7.68. The first kappa shape index (κ1) is 11.9. The van der Waals surface area contributed by atoms with Gasteiger partial charge < -0.3 is 5.32 Å². The van der Waals surface area contributed by atoms with E-state index in [2.05, 4.69) is 31.3 Å². The van der Waals surface area contributed by atoms with E-state index < -0.39 is 0 Å². The summed E-state index contributed by atoms with van der Waals surface area (Å²) in [5.41, 5.74) is 2.63. The Hall–Kier alpha value is -0.530. The van der Waals surface area contributed by atoms with Gasteiger partial charge in [0.15, 0.2) is 0 Å². The molecule has 1 saturated heterocycles. The number of hydrogen-bond donors (Lipinski definition) is 1.